The number of benzene rings is 1. The maximum atomic E-state index is 12.7. The van der Waals surface area contributed by atoms with Crippen LogP contribution in [0.4, 0.5) is 4.79 Å². The molecule has 0 spiro atoms. The topological polar surface area (TPSA) is 69.0 Å². The summed E-state index contributed by atoms with van der Waals surface area (Å²) in [5.41, 5.74) is 1.61. The van der Waals surface area contributed by atoms with E-state index in [1.54, 1.807) is 7.11 Å². The first-order valence-corrected chi connectivity index (χ1v) is 15.2. The molecule has 8 heteroatoms. The summed E-state index contributed by atoms with van der Waals surface area (Å²) in [6.07, 6.45) is 18.9. The minimum atomic E-state index is -0.675. The van der Waals surface area contributed by atoms with Crippen molar-refractivity contribution in [2.75, 3.05) is 13.7 Å². The Morgan fingerprint density at radius 3 is 2.05 bits per heavy atom. The third kappa shape index (κ3) is 14.9. The molecule has 0 bridgehead atoms. The lowest BCUT2D eigenvalue weighted by Crippen LogP contribution is -3.00. The standard InChI is InChI=1S/C33H51N2O5.HI/c1-5-7-8-9-10-11-12-13-14-15-16-17-23-39-31-21-20-29(24-32(31)38-4)27-40-33(37)35(28(3)36)26-30-19-18-22-34(6-2)25-30;/h18-22,24-25H,5-17,23,26-27H2,1-4H3;1H/q+1;/p-1. The van der Waals surface area contributed by atoms with Gasteiger partial charge in [-0.05, 0) is 37.1 Å². The van der Waals surface area contributed by atoms with Crippen molar-refractivity contribution in [3.8, 4) is 11.5 Å². The van der Waals surface area contributed by atoms with Gasteiger partial charge >= 0.3 is 6.09 Å². The highest BCUT2D eigenvalue weighted by molar-refractivity contribution is 5.90. The second-order valence-electron chi connectivity index (χ2n) is 10.4. The molecule has 0 saturated carbocycles. The van der Waals surface area contributed by atoms with Gasteiger partial charge in [0.2, 0.25) is 5.91 Å². The number of halogens is 1. The van der Waals surface area contributed by atoms with Crippen LogP contribution in [0.1, 0.15) is 109 Å². The SMILES string of the molecule is CCCCCCCCCCCCCCOc1ccc(COC(=O)N(Cc2ccc[n+](CC)c2)C(C)=O)cc1OC.[I-]. The van der Waals surface area contributed by atoms with Crippen LogP contribution in [0.25, 0.3) is 0 Å². The minimum absolute atomic E-state index is 0. The average Bonchev–Trinajstić information content (AvgIpc) is 2.97. The van der Waals surface area contributed by atoms with Gasteiger partial charge in [-0.1, -0.05) is 83.6 Å². The van der Waals surface area contributed by atoms with Gasteiger partial charge in [0.1, 0.15) is 13.2 Å². The predicted octanol–water partition coefficient (Wildman–Crippen LogP) is 4.77. The number of nitrogens with zero attached hydrogens (tertiary/aromatic N) is 2. The number of carbonyl (C=O) groups excluding carboxylic acids is 2. The van der Waals surface area contributed by atoms with Crippen molar-refractivity contribution >= 4 is 12.0 Å². The van der Waals surface area contributed by atoms with Crippen LogP contribution >= 0.6 is 0 Å². The Labute approximate surface area is 265 Å². The highest BCUT2D eigenvalue weighted by Crippen LogP contribution is 2.29. The predicted molar refractivity (Wildman–Crippen MR) is 158 cm³/mol. The zero-order valence-corrected chi connectivity index (χ0v) is 27.8. The first-order valence-electron chi connectivity index (χ1n) is 15.2. The van der Waals surface area contributed by atoms with Crippen LogP contribution in [0.15, 0.2) is 42.7 Å². The number of hydrogen-bond donors (Lipinski definition) is 0. The Balaban J connectivity index is 0.00000840. The number of unbranched alkanes of at least 4 members (excludes halogenated alkanes) is 11. The van der Waals surface area contributed by atoms with Crippen LogP contribution in [0, 0.1) is 0 Å². The molecule has 0 atom stereocenters. The summed E-state index contributed by atoms with van der Waals surface area (Å²) < 4.78 is 18.9. The number of amides is 2. The molecule has 1 aromatic carbocycles. The molecule has 7 nitrogen and oxygen atoms in total. The Hall–Kier alpha value is -2.36. The first kappa shape index (κ1) is 36.7. The van der Waals surface area contributed by atoms with Gasteiger partial charge in [0.15, 0.2) is 23.9 Å². The van der Waals surface area contributed by atoms with Crippen LogP contribution in [-0.4, -0.2) is 30.6 Å². The van der Waals surface area contributed by atoms with E-state index in [9.17, 15) is 9.59 Å². The van der Waals surface area contributed by atoms with E-state index in [1.165, 1.54) is 77.6 Å². The summed E-state index contributed by atoms with van der Waals surface area (Å²) in [7, 11) is 1.60. The summed E-state index contributed by atoms with van der Waals surface area (Å²) in [6.45, 7) is 7.30. The molecule has 230 valence electrons. The van der Waals surface area contributed by atoms with Gasteiger partial charge in [-0.25, -0.2) is 14.3 Å². The van der Waals surface area contributed by atoms with Crippen molar-refractivity contribution in [3.63, 3.8) is 0 Å². The molecule has 0 aliphatic rings. The van der Waals surface area contributed by atoms with Gasteiger partial charge in [0, 0.05) is 18.6 Å². The number of aromatic nitrogens is 1. The Bertz CT molecular complexity index is 1020. The van der Waals surface area contributed by atoms with Gasteiger partial charge in [-0.2, -0.15) is 0 Å². The lowest BCUT2D eigenvalue weighted by Gasteiger charge is -2.18. The largest absolute Gasteiger partial charge is 1.00 e. The van der Waals surface area contributed by atoms with Gasteiger partial charge in [-0.3, -0.25) is 4.79 Å². The Kier molecular flexibility index (Phi) is 19.9. The number of rotatable bonds is 20. The van der Waals surface area contributed by atoms with Gasteiger partial charge in [-0.15, -0.1) is 0 Å². The molecule has 0 saturated heterocycles. The Morgan fingerprint density at radius 2 is 1.46 bits per heavy atom. The molecule has 0 aliphatic carbocycles. The van der Waals surface area contributed by atoms with E-state index in [-0.39, 0.29) is 43.0 Å². The normalized spacial score (nSPS) is 10.5. The second kappa shape index (κ2) is 22.3. The van der Waals surface area contributed by atoms with Gasteiger partial charge < -0.3 is 38.2 Å². The monoisotopic (exact) mass is 682 g/mol. The molecule has 1 aromatic heterocycles. The molecule has 0 aliphatic heterocycles. The van der Waals surface area contributed by atoms with E-state index in [1.807, 2.05) is 54.2 Å². The molecule has 2 aromatic rings. The highest BCUT2D eigenvalue weighted by Gasteiger charge is 2.21. The zero-order chi connectivity index (χ0) is 29.0. The zero-order valence-electron chi connectivity index (χ0n) is 25.7. The van der Waals surface area contributed by atoms with E-state index in [2.05, 4.69) is 6.92 Å². The molecule has 2 amide bonds. The summed E-state index contributed by atoms with van der Waals surface area (Å²) in [5, 5.41) is 0. The lowest BCUT2D eigenvalue weighted by atomic mass is 10.1. The van der Waals surface area contributed by atoms with Gasteiger partial charge in [0.05, 0.1) is 20.3 Å². The number of methoxy groups -OCH3 is 1. The highest BCUT2D eigenvalue weighted by atomic mass is 127. The van der Waals surface area contributed by atoms with E-state index >= 15 is 0 Å². The summed E-state index contributed by atoms with van der Waals surface area (Å²) in [6, 6.07) is 9.29. The van der Waals surface area contributed by atoms with E-state index in [4.69, 9.17) is 14.2 Å². The van der Waals surface area contributed by atoms with Crippen molar-refractivity contribution in [1.82, 2.24) is 4.90 Å². The average molecular weight is 683 g/mol. The molecule has 0 radical (unpaired) electrons. The molecule has 0 N–H and O–H groups in total. The number of ether oxygens (including phenoxy) is 3. The molecular weight excluding hydrogens is 631 g/mol. The lowest BCUT2D eigenvalue weighted by molar-refractivity contribution is -0.694. The fourth-order valence-electron chi connectivity index (χ4n) is 4.62. The van der Waals surface area contributed by atoms with E-state index in [0.717, 1.165) is 29.0 Å². The maximum absolute atomic E-state index is 12.7. The molecule has 0 unspecified atom stereocenters. The molecular formula is C33H51IN2O5. The minimum Gasteiger partial charge on any atom is -1.00 e. The summed E-state index contributed by atoms with van der Waals surface area (Å²) >= 11 is 0. The smallest absolute Gasteiger partial charge is 0.417 e. The Morgan fingerprint density at radius 1 is 0.829 bits per heavy atom. The number of hydrogen-bond acceptors (Lipinski definition) is 5. The number of carbonyl (C=O) groups is 2. The summed E-state index contributed by atoms with van der Waals surface area (Å²) in [4.78, 5) is 26.0. The van der Waals surface area contributed by atoms with Crippen LogP contribution in [0.2, 0.25) is 0 Å². The molecule has 0 fully saturated rings. The third-order valence-electron chi connectivity index (χ3n) is 7.07. The van der Waals surface area contributed by atoms with E-state index in [0.29, 0.717) is 18.1 Å². The van der Waals surface area contributed by atoms with Gasteiger partial charge in [0.25, 0.3) is 0 Å². The fraction of sp³-hybridized carbons (Fsp3) is 0.606. The maximum Gasteiger partial charge on any atom is 0.417 e. The molecule has 41 heavy (non-hydrogen) atoms. The molecule has 1 heterocycles. The van der Waals surface area contributed by atoms with Crippen LogP contribution in [-0.2, 0) is 29.2 Å². The van der Waals surface area contributed by atoms with E-state index < -0.39 is 6.09 Å². The number of pyridine rings is 1. The quantitative estimate of drug-likeness (QED) is 0.114. The van der Waals surface area contributed by atoms with Crippen molar-refractivity contribution in [3.05, 3.63) is 53.9 Å². The van der Waals surface area contributed by atoms with Crippen molar-refractivity contribution < 1.29 is 52.3 Å². The summed E-state index contributed by atoms with van der Waals surface area (Å²) in [5.74, 6) is 0.916. The van der Waals surface area contributed by atoms with Crippen molar-refractivity contribution in [1.29, 1.82) is 0 Å². The number of imide groups is 1. The number of aryl methyl sites for hydroxylation is 1. The molecule has 2 rings (SSSR count). The van der Waals surface area contributed by atoms with Crippen LogP contribution < -0.4 is 38.0 Å². The first-order chi connectivity index (χ1) is 19.5. The van der Waals surface area contributed by atoms with Crippen LogP contribution in [0.3, 0.4) is 0 Å². The fourth-order valence-corrected chi connectivity index (χ4v) is 4.62. The third-order valence-corrected chi connectivity index (χ3v) is 7.07. The van der Waals surface area contributed by atoms with Crippen molar-refractivity contribution in [2.45, 2.75) is 118 Å². The van der Waals surface area contributed by atoms with Crippen LogP contribution in [0.5, 0.6) is 11.5 Å². The second-order valence-corrected chi connectivity index (χ2v) is 10.4. The van der Waals surface area contributed by atoms with Crippen molar-refractivity contribution in [2.24, 2.45) is 0 Å².